The van der Waals surface area contributed by atoms with Crippen molar-refractivity contribution in [1.29, 1.82) is 0 Å². The predicted octanol–water partition coefficient (Wildman–Crippen LogP) is -0.0626. The first-order chi connectivity index (χ1) is 7.94. The molecule has 2 fully saturated rings. The Balaban J connectivity index is 2.03. The van der Waals surface area contributed by atoms with Crippen molar-refractivity contribution in [2.45, 2.75) is 43.7 Å². The maximum Gasteiger partial charge on any atom is 0.243 e. The molecule has 0 radical (unpaired) electrons. The zero-order valence-electron chi connectivity index (χ0n) is 10.1. The van der Waals surface area contributed by atoms with Gasteiger partial charge in [-0.15, -0.1) is 11.8 Å². The molecular weight excluding hydrogens is 240 g/mol. The number of fused-ring (bicyclic) bond motifs is 1. The summed E-state index contributed by atoms with van der Waals surface area (Å²) >= 11 is 1.67. The van der Waals surface area contributed by atoms with Crippen molar-refractivity contribution < 1.29 is 14.7 Å². The number of thioether (sulfide) groups is 1. The average Bonchev–Trinajstić information content (AvgIpc) is 2.73. The zero-order chi connectivity index (χ0) is 12.6. The number of nitrogens with one attached hydrogen (secondary N) is 1. The van der Waals surface area contributed by atoms with Gasteiger partial charge in [0.05, 0.1) is 11.0 Å². The zero-order valence-corrected chi connectivity index (χ0v) is 10.9. The van der Waals surface area contributed by atoms with Gasteiger partial charge in [0.15, 0.2) is 0 Å². The third-order valence-corrected chi connectivity index (χ3v) is 4.82. The summed E-state index contributed by atoms with van der Waals surface area (Å²) in [5.74, 6) is 0.556. The standard InChI is InChI=1S/C11H18N2O3S/c1-7(14)5-12-10(16)8-6-17-11(2)4-3-9(15)13(8)11/h7-8,14H,3-6H2,1-2H3,(H,12,16)/t7-,8?,11?/m0/s1. The maximum atomic E-state index is 12.0. The molecule has 6 heteroatoms. The predicted molar refractivity (Wildman–Crippen MR) is 65.4 cm³/mol. The van der Waals surface area contributed by atoms with Gasteiger partial charge >= 0.3 is 0 Å². The van der Waals surface area contributed by atoms with E-state index in [0.717, 1.165) is 6.42 Å². The summed E-state index contributed by atoms with van der Waals surface area (Å²) in [5, 5.41) is 11.8. The first-order valence-electron chi connectivity index (χ1n) is 5.86. The van der Waals surface area contributed by atoms with Crippen LogP contribution in [0.5, 0.6) is 0 Å². The van der Waals surface area contributed by atoms with Crippen molar-refractivity contribution in [3.63, 3.8) is 0 Å². The summed E-state index contributed by atoms with van der Waals surface area (Å²) < 4.78 is 0. The van der Waals surface area contributed by atoms with Crippen LogP contribution >= 0.6 is 11.8 Å². The van der Waals surface area contributed by atoms with E-state index < -0.39 is 6.10 Å². The Morgan fingerprint density at radius 3 is 3.12 bits per heavy atom. The highest BCUT2D eigenvalue weighted by Gasteiger charge is 2.52. The molecule has 3 atom stereocenters. The van der Waals surface area contributed by atoms with Crippen molar-refractivity contribution >= 4 is 23.6 Å². The number of carbonyl (C=O) groups excluding carboxylic acids is 2. The summed E-state index contributed by atoms with van der Waals surface area (Å²) in [4.78, 5) is 25.3. The first kappa shape index (κ1) is 12.7. The van der Waals surface area contributed by atoms with E-state index in [2.05, 4.69) is 5.32 Å². The van der Waals surface area contributed by atoms with E-state index in [1.807, 2.05) is 6.92 Å². The Morgan fingerprint density at radius 2 is 2.47 bits per heavy atom. The minimum atomic E-state index is -0.561. The van der Waals surface area contributed by atoms with Gasteiger partial charge in [-0.25, -0.2) is 0 Å². The summed E-state index contributed by atoms with van der Waals surface area (Å²) in [6.45, 7) is 3.87. The molecule has 2 heterocycles. The van der Waals surface area contributed by atoms with Crippen LogP contribution in [-0.4, -0.2) is 51.1 Å². The van der Waals surface area contributed by atoms with E-state index in [0.29, 0.717) is 12.2 Å². The maximum absolute atomic E-state index is 12.0. The molecule has 2 unspecified atom stereocenters. The lowest BCUT2D eigenvalue weighted by molar-refractivity contribution is -0.138. The van der Waals surface area contributed by atoms with Gasteiger partial charge in [-0.3, -0.25) is 9.59 Å². The minimum absolute atomic E-state index is 0.0645. The lowest BCUT2D eigenvalue weighted by atomic mass is 10.2. The molecule has 2 amide bonds. The van der Waals surface area contributed by atoms with Gasteiger partial charge in [0.2, 0.25) is 11.8 Å². The molecule has 96 valence electrons. The van der Waals surface area contributed by atoms with Gasteiger partial charge in [-0.1, -0.05) is 0 Å². The second kappa shape index (κ2) is 4.49. The van der Waals surface area contributed by atoms with Crippen LogP contribution in [0, 0.1) is 0 Å². The molecule has 17 heavy (non-hydrogen) atoms. The second-order valence-corrected chi connectivity index (χ2v) is 6.36. The Hall–Kier alpha value is -0.750. The van der Waals surface area contributed by atoms with Crippen molar-refractivity contribution in [3.05, 3.63) is 0 Å². The van der Waals surface area contributed by atoms with E-state index in [1.54, 1.807) is 23.6 Å². The van der Waals surface area contributed by atoms with Crippen LogP contribution in [0.4, 0.5) is 0 Å². The molecule has 2 rings (SSSR count). The van der Waals surface area contributed by atoms with Gasteiger partial charge in [0.1, 0.15) is 6.04 Å². The molecule has 5 nitrogen and oxygen atoms in total. The van der Waals surface area contributed by atoms with Crippen molar-refractivity contribution in [1.82, 2.24) is 10.2 Å². The number of hydrogen-bond donors (Lipinski definition) is 2. The molecule has 2 aliphatic heterocycles. The van der Waals surface area contributed by atoms with E-state index in [-0.39, 0.29) is 29.3 Å². The Labute approximate surface area is 105 Å². The molecule has 0 bridgehead atoms. The molecule has 0 aromatic carbocycles. The highest BCUT2D eigenvalue weighted by Crippen LogP contribution is 2.47. The highest BCUT2D eigenvalue weighted by molar-refractivity contribution is 8.01. The first-order valence-corrected chi connectivity index (χ1v) is 6.84. The van der Waals surface area contributed by atoms with Crippen LogP contribution in [0.25, 0.3) is 0 Å². The fourth-order valence-electron chi connectivity index (χ4n) is 2.38. The number of hydrogen-bond acceptors (Lipinski definition) is 4. The number of aliphatic hydroxyl groups is 1. The molecule has 2 aliphatic rings. The van der Waals surface area contributed by atoms with Crippen LogP contribution in [0.1, 0.15) is 26.7 Å². The molecule has 0 aliphatic carbocycles. The largest absolute Gasteiger partial charge is 0.392 e. The lowest BCUT2D eigenvalue weighted by Gasteiger charge is -2.29. The third-order valence-electron chi connectivity index (χ3n) is 3.32. The fraction of sp³-hybridized carbons (Fsp3) is 0.818. The Morgan fingerprint density at radius 1 is 1.76 bits per heavy atom. The summed E-state index contributed by atoms with van der Waals surface area (Å²) in [6, 6.07) is -0.376. The van der Waals surface area contributed by atoms with Gasteiger partial charge in [0, 0.05) is 18.7 Å². The Bertz CT molecular complexity index is 348. The topological polar surface area (TPSA) is 69.6 Å². The number of nitrogens with zero attached hydrogens (tertiary/aromatic N) is 1. The highest BCUT2D eigenvalue weighted by atomic mass is 32.2. The lowest BCUT2D eigenvalue weighted by Crippen LogP contribution is -2.50. The molecule has 2 saturated heterocycles. The summed E-state index contributed by atoms with van der Waals surface area (Å²) in [7, 11) is 0. The second-order valence-electron chi connectivity index (χ2n) is 4.86. The van der Waals surface area contributed by atoms with Gasteiger partial charge in [0.25, 0.3) is 0 Å². The van der Waals surface area contributed by atoms with Crippen LogP contribution in [-0.2, 0) is 9.59 Å². The number of aliphatic hydroxyl groups excluding tert-OH is 1. The van der Waals surface area contributed by atoms with Gasteiger partial charge in [-0.2, -0.15) is 0 Å². The molecule has 0 saturated carbocycles. The number of carbonyl (C=O) groups is 2. The summed E-state index contributed by atoms with van der Waals surface area (Å²) in [6.07, 6.45) is 0.786. The minimum Gasteiger partial charge on any atom is -0.392 e. The van der Waals surface area contributed by atoms with Crippen LogP contribution in [0.3, 0.4) is 0 Å². The average molecular weight is 258 g/mol. The van der Waals surface area contributed by atoms with Crippen molar-refractivity contribution in [2.24, 2.45) is 0 Å². The molecule has 0 aromatic heterocycles. The third kappa shape index (κ3) is 2.28. The molecular formula is C11H18N2O3S. The summed E-state index contributed by atoms with van der Waals surface area (Å²) in [5.41, 5.74) is 0. The van der Waals surface area contributed by atoms with Crippen LogP contribution < -0.4 is 5.32 Å². The fourth-order valence-corrected chi connectivity index (χ4v) is 3.81. The molecule has 0 aromatic rings. The van der Waals surface area contributed by atoms with Gasteiger partial charge in [-0.05, 0) is 20.3 Å². The molecule has 0 spiro atoms. The SMILES string of the molecule is C[C@H](O)CNC(=O)C1CSC2(C)CCC(=O)N12. The van der Waals surface area contributed by atoms with E-state index in [9.17, 15) is 9.59 Å². The van der Waals surface area contributed by atoms with Crippen molar-refractivity contribution in [2.75, 3.05) is 12.3 Å². The molecule has 2 N–H and O–H groups in total. The number of rotatable bonds is 3. The van der Waals surface area contributed by atoms with Crippen LogP contribution in [0.15, 0.2) is 0 Å². The van der Waals surface area contributed by atoms with Crippen LogP contribution in [0.2, 0.25) is 0 Å². The number of amides is 2. The smallest absolute Gasteiger partial charge is 0.243 e. The Kier molecular flexibility index (Phi) is 3.36. The van der Waals surface area contributed by atoms with Gasteiger partial charge < -0.3 is 15.3 Å². The van der Waals surface area contributed by atoms with E-state index >= 15 is 0 Å². The quantitative estimate of drug-likeness (QED) is 0.744. The van der Waals surface area contributed by atoms with Crippen molar-refractivity contribution in [3.8, 4) is 0 Å². The monoisotopic (exact) mass is 258 g/mol. The van der Waals surface area contributed by atoms with E-state index in [4.69, 9.17) is 5.11 Å². The normalized spacial score (nSPS) is 33.7. The van der Waals surface area contributed by atoms with E-state index in [1.165, 1.54) is 0 Å².